The first-order valence-corrected chi connectivity index (χ1v) is 9.35. The van der Waals surface area contributed by atoms with Gasteiger partial charge in [0.15, 0.2) is 0 Å². The number of esters is 1. The molecule has 1 aliphatic heterocycles. The minimum Gasteiger partial charge on any atom is -0.496 e. The van der Waals surface area contributed by atoms with Crippen LogP contribution in [0.25, 0.3) is 0 Å². The smallest absolute Gasteiger partial charge is 0.320 e. The van der Waals surface area contributed by atoms with Gasteiger partial charge in [-0.05, 0) is 25.2 Å². The molecule has 0 saturated carbocycles. The second kappa shape index (κ2) is 9.31. The average molecular weight is 387 g/mol. The van der Waals surface area contributed by atoms with Gasteiger partial charge >= 0.3 is 5.97 Å². The number of benzene rings is 1. The van der Waals surface area contributed by atoms with E-state index >= 15 is 0 Å². The molecule has 8 heteroatoms. The zero-order chi connectivity index (χ0) is 18.4. The quantitative estimate of drug-likeness (QED) is 0.696. The van der Waals surface area contributed by atoms with E-state index in [-0.39, 0.29) is 23.7 Å². The van der Waals surface area contributed by atoms with Crippen molar-refractivity contribution in [2.24, 2.45) is 0 Å². The lowest BCUT2D eigenvalue weighted by atomic mass is 10.2. The molecule has 6 nitrogen and oxygen atoms in total. The number of amides is 1. The highest BCUT2D eigenvalue weighted by Gasteiger charge is 2.29. The number of hydrogen-bond donors (Lipinski definition) is 0. The molecular formula is C17H23ClN2O4S. The second-order valence-electron chi connectivity index (χ2n) is 5.85. The van der Waals surface area contributed by atoms with Crippen LogP contribution in [0.5, 0.6) is 5.75 Å². The van der Waals surface area contributed by atoms with E-state index in [1.165, 1.54) is 18.9 Å². The maximum atomic E-state index is 12.5. The lowest BCUT2D eigenvalue weighted by molar-refractivity contribution is -0.141. The van der Waals surface area contributed by atoms with E-state index in [0.29, 0.717) is 24.7 Å². The van der Waals surface area contributed by atoms with Gasteiger partial charge in [0.1, 0.15) is 11.0 Å². The van der Waals surface area contributed by atoms with Crippen LogP contribution in [0.15, 0.2) is 18.2 Å². The lowest BCUT2D eigenvalue weighted by Crippen LogP contribution is -2.47. The fourth-order valence-corrected chi connectivity index (χ4v) is 4.02. The molecule has 0 aromatic heterocycles. The van der Waals surface area contributed by atoms with Gasteiger partial charge in [-0.15, -0.1) is 11.8 Å². The van der Waals surface area contributed by atoms with E-state index in [1.54, 1.807) is 18.1 Å². The first-order chi connectivity index (χ1) is 11.9. The van der Waals surface area contributed by atoms with Crippen LogP contribution in [0.4, 0.5) is 0 Å². The van der Waals surface area contributed by atoms with Crippen molar-refractivity contribution in [3.8, 4) is 5.75 Å². The summed E-state index contributed by atoms with van der Waals surface area (Å²) in [5, 5.41) is 0.325. The number of hydrogen-bond acceptors (Lipinski definition) is 6. The zero-order valence-electron chi connectivity index (χ0n) is 14.7. The van der Waals surface area contributed by atoms with Crippen LogP contribution in [0, 0.1) is 0 Å². The maximum Gasteiger partial charge on any atom is 0.320 e. The third kappa shape index (κ3) is 5.52. The summed E-state index contributed by atoms with van der Waals surface area (Å²) in [6, 6.07) is 5.43. The highest BCUT2D eigenvalue weighted by atomic mass is 35.5. The number of methoxy groups -OCH3 is 2. The van der Waals surface area contributed by atoms with Crippen LogP contribution in [0.3, 0.4) is 0 Å². The second-order valence-corrected chi connectivity index (χ2v) is 7.60. The number of likely N-dealkylation sites (N-methyl/N-ethyl adjacent to an activating group) is 1. The number of ether oxygens (including phenoxy) is 2. The minimum atomic E-state index is -0.305. The van der Waals surface area contributed by atoms with Crippen molar-refractivity contribution < 1.29 is 19.1 Å². The SMILES string of the molecule is COC(=O)[C@@H]1CN(C(=O)CN(C)Cc2cc(Cl)ccc2OC)CCS1. The van der Waals surface area contributed by atoms with Crippen LogP contribution in [-0.4, -0.2) is 73.6 Å². The van der Waals surface area contributed by atoms with Gasteiger partial charge < -0.3 is 14.4 Å². The highest BCUT2D eigenvalue weighted by molar-refractivity contribution is 8.00. The topological polar surface area (TPSA) is 59.1 Å². The Labute approximate surface area is 157 Å². The Morgan fingerprint density at radius 3 is 2.84 bits per heavy atom. The van der Waals surface area contributed by atoms with Gasteiger partial charge in [-0.3, -0.25) is 14.5 Å². The molecule has 0 unspecified atom stereocenters. The van der Waals surface area contributed by atoms with Crippen molar-refractivity contribution >= 4 is 35.2 Å². The van der Waals surface area contributed by atoms with Gasteiger partial charge in [0.25, 0.3) is 0 Å². The third-order valence-corrected chi connectivity index (χ3v) is 5.37. The summed E-state index contributed by atoms with van der Waals surface area (Å²) in [6.45, 7) is 1.84. The van der Waals surface area contributed by atoms with E-state index in [9.17, 15) is 9.59 Å². The molecule has 1 aliphatic rings. The van der Waals surface area contributed by atoms with Crippen molar-refractivity contribution in [3.05, 3.63) is 28.8 Å². The van der Waals surface area contributed by atoms with E-state index in [4.69, 9.17) is 21.1 Å². The van der Waals surface area contributed by atoms with Crippen LogP contribution in [0.2, 0.25) is 5.02 Å². The van der Waals surface area contributed by atoms with Gasteiger partial charge in [-0.2, -0.15) is 0 Å². The van der Waals surface area contributed by atoms with E-state index in [0.717, 1.165) is 17.1 Å². The molecule has 1 heterocycles. The number of carbonyl (C=O) groups excluding carboxylic acids is 2. The van der Waals surface area contributed by atoms with Crippen LogP contribution in [0.1, 0.15) is 5.56 Å². The Hall–Kier alpha value is -1.44. The van der Waals surface area contributed by atoms with Crippen molar-refractivity contribution in [1.29, 1.82) is 0 Å². The maximum absolute atomic E-state index is 12.5. The van der Waals surface area contributed by atoms with Crippen LogP contribution >= 0.6 is 23.4 Å². The predicted molar refractivity (Wildman–Crippen MR) is 99.2 cm³/mol. The summed E-state index contributed by atoms with van der Waals surface area (Å²) in [5.74, 6) is 1.19. The molecule has 0 aliphatic carbocycles. The first-order valence-electron chi connectivity index (χ1n) is 7.92. The Morgan fingerprint density at radius 2 is 2.16 bits per heavy atom. The van der Waals surface area contributed by atoms with Gasteiger partial charge in [0.05, 0.1) is 20.8 Å². The fraction of sp³-hybridized carbons (Fsp3) is 0.529. The van der Waals surface area contributed by atoms with Crippen molar-refractivity contribution in [3.63, 3.8) is 0 Å². The van der Waals surface area contributed by atoms with Gasteiger partial charge in [-0.1, -0.05) is 11.6 Å². The molecule has 0 radical (unpaired) electrons. The average Bonchev–Trinajstić information content (AvgIpc) is 2.61. The normalized spacial score (nSPS) is 17.5. The number of halogens is 1. The fourth-order valence-electron chi connectivity index (χ4n) is 2.70. The Balaban J connectivity index is 1.94. The molecule has 2 rings (SSSR count). The Morgan fingerprint density at radius 1 is 1.40 bits per heavy atom. The lowest BCUT2D eigenvalue weighted by Gasteiger charge is -2.32. The van der Waals surface area contributed by atoms with E-state index < -0.39 is 0 Å². The first kappa shape index (κ1) is 19.9. The van der Waals surface area contributed by atoms with E-state index in [2.05, 4.69) is 0 Å². The molecule has 1 atom stereocenters. The number of nitrogens with zero attached hydrogens (tertiary/aromatic N) is 2. The monoisotopic (exact) mass is 386 g/mol. The van der Waals surface area contributed by atoms with Gasteiger partial charge in [0.2, 0.25) is 5.91 Å². The predicted octanol–water partition coefficient (Wildman–Crippen LogP) is 1.90. The summed E-state index contributed by atoms with van der Waals surface area (Å²) in [5.41, 5.74) is 0.923. The molecule has 0 bridgehead atoms. The summed E-state index contributed by atoms with van der Waals surface area (Å²) in [7, 11) is 4.85. The van der Waals surface area contributed by atoms with Gasteiger partial charge in [-0.25, -0.2) is 0 Å². The standard InChI is InChI=1S/C17H23ClN2O4S/c1-19(9-12-8-13(18)4-5-14(12)23-2)11-16(21)20-6-7-25-15(10-20)17(22)24-3/h4-5,8,15H,6-7,9-11H2,1-3H3/t15-/m0/s1. The molecular weight excluding hydrogens is 364 g/mol. The van der Waals surface area contributed by atoms with Crippen LogP contribution in [-0.2, 0) is 20.9 Å². The molecule has 1 amide bonds. The zero-order valence-corrected chi connectivity index (χ0v) is 16.2. The summed E-state index contributed by atoms with van der Waals surface area (Å²) in [6.07, 6.45) is 0. The molecule has 1 saturated heterocycles. The highest BCUT2D eigenvalue weighted by Crippen LogP contribution is 2.24. The molecule has 25 heavy (non-hydrogen) atoms. The van der Waals surface area contributed by atoms with Crippen LogP contribution < -0.4 is 4.74 Å². The third-order valence-electron chi connectivity index (χ3n) is 3.97. The van der Waals surface area contributed by atoms with Gasteiger partial charge in [0, 0.05) is 36.0 Å². The number of thioether (sulfide) groups is 1. The Bertz CT molecular complexity index is 629. The van der Waals surface area contributed by atoms with Crippen molar-refractivity contribution in [2.45, 2.75) is 11.8 Å². The van der Waals surface area contributed by atoms with E-state index in [1.807, 2.05) is 24.1 Å². The summed E-state index contributed by atoms with van der Waals surface area (Å²) >= 11 is 7.58. The number of rotatable bonds is 6. The molecule has 138 valence electrons. The minimum absolute atomic E-state index is 0.00213. The van der Waals surface area contributed by atoms with Crippen molar-refractivity contribution in [1.82, 2.24) is 9.80 Å². The largest absolute Gasteiger partial charge is 0.496 e. The molecule has 1 fully saturated rings. The van der Waals surface area contributed by atoms with Crippen molar-refractivity contribution in [2.75, 3.05) is 46.7 Å². The summed E-state index contributed by atoms with van der Waals surface area (Å²) < 4.78 is 10.1. The Kier molecular flexibility index (Phi) is 7.40. The molecule has 1 aromatic carbocycles. The summed E-state index contributed by atoms with van der Waals surface area (Å²) in [4.78, 5) is 27.9. The number of carbonyl (C=O) groups is 2. The molecule has 1 aromatic rings. The molecule has 0 N–H and O–H groups in total. The molecule has 0 spiro atoms.